The molecule has 5 aliphatic rings. The number of aliphatic hydroxyl groups is 1. The molecule has 0 spiro atoms. The van der Waals surface area contributed by atoms with E-state index in [0.717, 1.165) is 106 Å². The zero-order valence-electron chi connectivity index (χ0n) is 40.9. The van der Waals surface area contributed by atoms with Crippen molar-refractivity contribution in [1.82, 2.24) is 28.4 Å². The maximum absolute atomic E-state index is 16.5. The number of urea groups is 1. The first-order valence-electron chi connectivity index (χ1n) is 25.1. The van der Waals surface area contributed by atoms with Crippen LogP contribution in [0.1, 0.15) is 79.3 Å². The molecular weight excluding hydrogens is 1070 g/mol. The summed E-state index contributed by atoms with van der Waals surface area (Å²) in [5.74, 6) is -2.29. The summed E-state index contributed by atoms with van der Waals surface area (Å²) in [4.78, 5) is 59.6. The van der Waals surface area contributed by atoms with Crippen molar-refractivity contribution in [3.8, 4) is 22.6 Å². The number of carbonyl (C=O) groups is 4. The molecule has 3 saturated heterocycles. The molecule has 5 aromatic rings. The molecule has 0 unspecified atom stereocenters. The Morgan fingerprint density at radius 3 is 2.40 bits per heavy atom. The van der Waals surface area contributed by atoms with Crippen molar-refractivity contribution in [2.75, 3.05) is 75.4 Å². The van der Waals surface area contributed by atoms with Gasteiger partial charge in [-0.05, 0) is 18.2 Å². The number of benzene rings is 4. The number of hydrogen-bond acceptors (Lipinski definition) is 11. The Bertz CT molecular complexity index is 2930. The van der Waals surface area contributed by atoms with Crippen LogP contribution in [0.2, 0.25) is 5.02 Å². The number of ether oxygens (including phenoxy) is 2. The van der Waals surface area contributed by atoms with Gasteiger partial charge >= 0.3 is 313 Å². The number of rotatable bonds is 14. The van der Waals surface area contributed by atoms with Crippen LogP contribution in [-0.4, -0.2) is 120 Å². The van der Waals surface area contributed by atoms with Gasteiger partial charge in [0, 0.05) is 57.3 Å². The van der Waals surface area contributed by atoms with Gasteiger partial charge < -0.3 is 4.90 Å². The number of hydrogen-bond donors (Lipinski definition) is 4. The van der Waals surface area contributed by atoms with Gasteiger partial charge in [0.05, 0.1) is 5.52 Å². The molecule has 20 heteroatoms. The molecule has 4 aliphatic heterocycles. The Balaban J connectivity index is 0.731. The van der Waals surface area contributed by atoms with E-state index in [-0.39, 0.29) is 76.6 Å². The number of aryl methyl sites for hydroxylation is 1. The van der Waals surface area contributed by atoms with E-state index in [2.05, 4.69) is 40.8 Å². The molecule has 0 radical (unpaired) electrons. The fraction of sp³-hybridized carbons (Fsp3) is 0.453. The number of piperazine rings is 1. The number of likely N-dealkylation sites (tertiary alicyclic amines) is 1. The van der Waals surface area contributed by atoms with E-state index < -0.39 is 54.6 Å². The SMILES string of the molecule is C[C@H]1c2c(cc(F)c(Cl)c2-c2c(C(N)=O)ccc(OCCO)c2F)O[C@]1([I-]NC1CCC(C(=O)N2CCC(CN3CCN(c4ccc5c(N6CCC(=O)NC6=O)nn(C)c5c4)CC3)CC2)CC1)c1ccccc1. The third kappa shape index (κ3) is 9.94. The van der Waals surface area contributed by atoms with Crippen LogP contribution in [0.5, 0.6) is 11.5 Å². The normalized spacial score (nSPS) is 22.9. The molecular formula is C53H60ClF2IN9O7-. The van der Waals surface area contributed by atoms with E-state index in [1.165, 1.54) is 23.1 Å². The molecule has 16 nitrogen and oxygen atoms in total. The molecule has 5 amide bonds. The number of nitrogens with zero attached hydrogens (tertiary/aromatic N) is 6. The third-order valence-electron chi connectivity index (χ3n) is 15.3. The van der Waals surface area contributed by atoms with Gasteiger partial charge in [-0.3, -0.25) is 19.7 Å². The van der Waals surface area contributed by atoms with Crippen LogP contribution in [0.4, 0.5) is 25.1 Å². The second-order valence-electron chi connectivity index (χ2n) is 19.7. The van der Waals surface area contributed by atoms with Crippen LogP contribution >= 0.6 is 11.6 Å². The molecule has 73 heavy (non-hydrogen) atoms. The number of imide groups is 1. The van der Waals surface area contributed by atoms with Crippen LogP contribution in [0, 0.1) is 23.5 Å². The van der Waals surface area contributed by atoms with Crippen LogP contribution < -0.4 is 55.3 Å². The number of carbonyl (C=O) groups excluding carboxylic acids is 4. The number of aromatic nitrogens is 2. The van der Waals surface area contributed by atoms with Crippen molar-refractivity contribution in [1.29, 1.82) is 0 Å². The minimum atomic E-state index is -1.09. The van der Waals surface area contributed by atoms with Gasteiger partial charge in [0.1, 0.15) is 0 Å². The Morgan fingerprint density at radius 2 is 1.70 bits per heavy atom. The van der Waals surface area contributed by atoms with Crippen LogP contribution in [0.15, 0.2) is 66.7 Å². The molecule has 4 aromatic carbocycles. The fourth-order valence-corrected chi connectivity index (χ4v) is 14.9. The Hall–Kier alpha value is -5.61. The van der Waals surface area contributed by atoms with Gasteiger partial charge in [0.25, 0.3) is 0 Å². The number of halogens is 4. The van der Waals surface area contributed by atoms with E-state index >= 15 is 8.78 Å². The van der Waals surface area contributed by atoms with E-state index in [0.29, 0.717) is 23.8 Å². The predicted molar refractivity (Wildman–Crippen MR) is 268 cm³/mol. The summed E-state index contributed by atoms with van der Waals surface area (Å²) in [6.07, 6.45) is 5.35. The number of primary amides is 1. The molecule has 5 N–H and O–H groups in total. The molecule has 10 rings (SSSR count). The standard InChI is InChI=1S/C53H60ClF2IN9O7/c1-31-44-42(29-39(55)47(54)46(44)45-38(49(58)69)14-15-41(48(45)56)72-27-26-67)73-53(31,34-6-4-3-5-7-34)57-60-35-10-8-33(9-11-35)51(70)65-19-16-32(17-20-65)30-63-22-24-64(25-23-63)36-12-13-37-40(28-36)62(2)61-50(37)66-21-18-43(68)59-52(66)71/h3-7,12-15,28-29,31-33,35,60,67H,8-11,16-27,30H2,1-2H3,(H2,58,69)(H,59,68,71)/q-1/t31-,33?,35?,53-/m0/s1. The van der Waals surface area contributed by atoms with Gasteiger partial charge in [0.15, 0.2) is 5.82 Å². The molecule has 1 aromatic heterocycles. The van der Waals surface area contributed by atoms with E-state index in [9.17, 15) is 24.3 Å². The van der Waals surface area contributed by atoms with Gasteiger partial charge in [-0.25, -0.2) is 4.79 Å². The number of aliphatic hydroxyl groups excluding tert-OH is 1. The van der Waals surface area contributed by atoms with Crippen molar-refractivity contribution >= 4 is 57.8 Å². The number of anilines is 2. The number of nitrogens with one attached hydrogen (secondary N) is 2. The van der Waals surface area contributed by atoms with Crippen LogP contribution in [-0.2, 0) is 20.2 Å². The first kappa shape index (κ1) is 50.9. The summed E-state index contributed by atoms with van der Waals surface area (Å²) in [6, 6.07) is 19.4. The molecule has 1 aliphatic carbocycles. The average Bonchev–Trinajstić information content (AvgIpc) is 3.88. The number of alkyl halides is 1. The number of amides is 5. The second kappa shape index (κ2) is 21.3. The summed E-state index contributed by atoms with van der Waals surface area (Å²) >= 11 is 5.65. The summed E-state index contributed by atoms with van der Waals surface area (Å²) in [5.41, 5.74) is 8.58. The van der Waals surface area contributed by atoms with Crippen molar-refractivity contribution < 1.29 is 64.0 Å². The van der Waals surface area contributed by atoms with Gasteiger partial charge in [-0.2, -0.15) is 5.10 Å². The zero-order valence-corrected chi connectivity index (χ0v) is 43.8. The fourth-order valence-electron chi connectivity index (χ4n) is 11.4. The molecule has 4 fully saturated rings. The molecule has 5 heterocycles. The number of fused-ring (bicyclic) bond motifs is 2. The Labute approximate surface area is 438 Å². The zero-order chi connectivity index (χ0) is 51.1. The second-order valence-corrected chi connectivity index (χ2v) is 22.9. The Kier molecular flexibility index (Phi) is 14.9. The maximum atomic E-state index is 16.5. The van der Waals surface area contributed by atoms with Crippen molar-refractivity contribution in [2.45, 2.75) is 67.4 Å². The summed E-state index contributed by atoms with van der Waals surface area (Å²) in [7, 11) is 1.87. The van der Waals surface area contributed by atoms with Gasteiger partial charge in [0.2, 0.25) is 5.91 Å². The molecule has 2 atom stereocenters. The van der Waals surface area contributed by atoms with Crippen molar-refractivity contribution in [3.05, 3.63) is 100 Å². The molecule has 0 bridgehead atoms. The monoisotopic (exact) mass is 1130 g/mol. The van der Waals surface area contributed by atoms with E-state index in [1.807, 2.05) is 50.4 Å². The average molecular weight is 1140 g/mol. The quantitative estimate of drug-likeness (QED) is 0.0723. The third-order valence-corrected chi connectivity index (χ3v) is 19.5. The topological polar surface area (TPSA) is 188 Å². The van der Waals surface area contributed by atoms with Gasteiger partial charge in [-0.15, -0.1) is 0 Å². The van der Waals surface area contributed by atoms with Crippen molar-refractivity contribution in [2.24, 2.45) is 24.6 Å². The minimum absolute atomic E-state index is 0.0331. The van der Waals surface area contributed by atoms with Crippen molar-refractivity contribution in [3.63, 3.8) is 0 Å². The molecule has 1 saturated carbocycles. The van der Waals surface area contributed by atoms with E-state index in [4.69, 9.17) is 26.8 Å². The van der Waals surface area contributed by atoms with Crippen LogP contribution in [0.3, 0.4) is 0 Å². The summed E-state index contributed by atoms with van der Waals surface area (Å²) in [5, 5.41) is 16.9. The number of nitrogens with two attached hydrogens (primary N) is 1. The first-order valence-corrected chi connectivity index (χ1v) is 27.7. The predicted octanol–water partition coefficient (Wildman–Crippen LogP) is 3.65. The summed E-state index contributed by atoms with van der Waals surface area (Å²) in [6.45, 7) is 7.88. The van der Waals surface area contributed by atoms with Gasteiger partial charge in [-0.1, -0.05) is 0 Å². The van der Waals surface area contributed by atoms with E-state index in [1.54, 1.807) is 4.68 Å². The van der Waals surface area contributed by atoms with Crippen LogP contribution in [0.25, 0.3) is 22.0 Å². The molecule has 388 valence electrons. The summed E-state index contributed by atoms with van der Waals surface area (Å²) < 4.78 is 49.3. The number of piperidine rings is 1. The first-order chi connectivity index (χ1) is 35.2. The Morgan fingerprint density at radius 1 is 0.959 bits per heavy atom.